The Morgan fingerprint density at radius 2 is 2.57 bits per heavy atom. The van der Waals surface area contributed by atoms with Crippen molar-refractivity contribution in [3.8, 4) is 0 Å². The molecule has 1 fully saturated rings. The minimum absolute atomic E-state index is 0.354. The molecular weight excluding hydrogens is 264 g/mol. The Morgan fingerprint density at radius 3 is 3.14 bits per heavy atom. The van der Waals surface area contributed by atoms with E-state index in [1.54, 1.807) is 11.3 Å². The van der Waals surface area contributed by atoms with E-state index < -0.39 is 0 Å². The lowest BCUT2D eigenvalue weighted by molar-refractivity contribution is 0.0637. The molecule has 1 N–H and O–H groups in total. The first kappa shape index (κ1) is 10.4. The van der Waals surface area contributed by atoms with Crippen LogP contribution in [-0.2, 0) is 4.74 Å². The summed E-state index contributed by atoms with van der Waals surface area (Å²) in [5.41, 5.74) is 0. The van der Waals surface area contributed by atoms with Gasteiger partial charge in [0, 0.05) is 11.9 Å². The molecule has 0 saturated carbocycles. The van der Waals surface area contributed by atoms with Gasteiger partial charge in [0.25, 0.3) is 0 Å². The van der Waals surface area contributed by atoms with E-state index in [0.717, 1.165) is 22.7 Å². The predicted molar refractivity (Wildman–Crippen MR) is 61.9 cm³/mol. The van der Waals surface area contributed by atoms with Crippen molar-refractivity contribution in [3.05, 3.63) is 9.98 Å². The van der Waals surface area contributed by atoms with E-state index >= 15 is 0 Å². The largest absolute Gasteiger partial charge is 0.373 e. The summed E-state index contributed by atoms with van der Waals surface area (Å²) in [6, 6.07) is 0. The third-order valence-electron chi connectivity index (χ3n) is 2.28. The minimum atomic E-state index is 0.354. The van der Waals surface area contributed by atoms with Gasteiger partial charge in [-0.2, -0.15) is 0 Å². The Labute approximate surface area is 96.0 Å². The molecule has 0 amide bonds. The summed E-state index contributed by atoms with van der Waals surface area (Å²) in [7, 11) is 0. The Balaban J connectivity index is 1.77. The van der Waals surface area contributed by atoms with Crippen molar-refractivity contribution < 1.29 is 4.74 Å². The van der Waals surface area contributed by atoms with Gasteiger partial charge < -0.3 is 10.1 Å². The van der Waals surface area contributed by atoms with Crippen LogP contribution in [0.1, 0.15) is 19.8 Å². The molecule has 0 spiro atoms. The number of nitrogens with one attached hydrogen (secondary N) is 1. The number of aromatic nitrogens is 1. The van der Waals surface area contributed by atoms with Gasteiger partial charge in [0.05, 0.1) is 12.2 Å². The molecule has 2 atom stereocenters. The van der Waals surface area contributed by atoms with E-state index in [1.807, 2.05) is 5.38 Å². The van der Waals surface area contributed by atoms with Crippen molar-refractivity contribution in [1.82, 2.24) is 4.98 Å². The summed E-state index contributed by atoms with van der Waals surface area (Å²) >= 11 is 4.93. The molecule has 1 aromatic heterocycles. The lowest BCUT2D eigenvalue weighted by atomic mass is 10.2. The quantitative estimate of drug-likeness (QED) is 0.922. The molecule has 1 aromatic rings. The zero-order valence-corrected chi connectivity index (χ0v) is 10.4. The number of halogens is 1. The van der Waals surface area contributed by atoms with E-state index in [2.05, 4.69) is 33.2 Å². The summed E-state index contributed by atoms with van der Waals surface area (Å²) in [6.45, 7) is 2.99. The first-order valence-electron chi connectivity index (χ1n) is 4.74. The van der Waals surface area contributed by atoms with Gasteiger partial charge in [0.2, 0.25) is 0 Å². The Bertz CT molecular complexity index is 305. The average Bonchev–Trinajstić information content (AvgIpc) is 2.72. The summed E-state index contributed by atoms with van der Waals surface area (Å²) in [6.07, 6.45) is 3.10. The van der Waals surface area contributed by atoms with Gasteiger partial charge in [-0.05, 0) is 35.7 Å². The zero-order valence-electron chi connectivity index (χ0n) is 8.00. The molecule has 0 bridgehead atoms. The molecule has 5 heteroatoms. The fourth-order valence-corrected chi connectivity index (χ4v) is 2.73. The number of hydrogen-bond acceptors (Lipinski definition) is 4. The lowest BCUT2D eigenvalue weighted by Gasteiger charge is -2.10. The van der Waals surface area contributed by atoms with Gasteiger partial charge in [0.1, 0.15) is 4.60 Å². The third kappa shape index (κ3) is 2.68. The van der Waals surface area contributed by atoms with Crippen molar-refractivity contribution in [2.75, 3.05) is 11.9 Å². The summed E-state index contributed by atoms with van der Waals surface area (Å²) in [5.74, 6) is 0. The second kappa shape index (κ2) is 4.59. The van der Waals surface area contributed by atoms with Gasteiger partial charge in [0.15, 0.2) is 5.13 Å². The lowest BCUT2D eigenvalue weighted by Crippen LogP contribution is -2.19. The summed E-state index contributed by atoms with van der Waals surface area (Å²) < 4.78 is 6.59. The van der Waals surface area contributed by atoms with Gasteiger partial charge in [-0.1, -0.05) is 0 Å². The van der Waals surface area contributed by atoms with Crippen LogP contribution in [0.3, 0.4) is 0 Å². The molecule has 1 aliphatic rings. The van der Waals surface area contributed by atoms with Crippen LogP contribution in [0.2, 0.25) is 0 Å². The highest BCUT2D eigenvalue weighted by atomic mass is 79.9. The van der Waals surface area contributed by atoms with Gasteiger partial charge >= 0.3 is 0 Å². The number of thiazole rings is 1. The van der Waals surface area contributed by atoms with Crippen LogP contribution < -0.4 is 5.32 Å². The van der Waals surface area contributed by atoms with Crippen molar-refractivity contribution in [1.29, 1.82) is 0 Å². The molecule has 78 valence electrons. The van der Waals surface area contributed by atoms with E-state index in [4.69, 9.17) is 4.74 Å². The van der Waals surface area contributed by atoms with E-state index in [-0.39, 0.29) is 0 Å². The van der Waals surface area contributed by atoms with Crippen LogP contribution >= 0.6 is 27.3 Å². The smallest absolute Gasteiger partial charge is 0.183 e. The monoisotopic (exact) mass is 276 g/mol. The molecular formula is C9H13BrN2OS. The normalized spacial score (nSPS) is 26.7. The molecule has 0 aromatic carbocycles. The number of ether oxygens (including phenoxy) is 1. The molecule has 1 aliphatic heterocycles. The summed E-state index contributed by atoms with van der Waals surface area (Å²) in [5, 5.41) is 6.21. The van der Waals surface area contributed by atoms with Crippen LogP contribution in [0.5, 0.6) is 0 Å². The zero-order chi connectivity index (χ0) is 9.97. The average molecular weight is 277 g/mol. The van der Waals surface area contributed by atoms with Crippen LogP contribution in [-0.4, -0.2) is 23.7 Å². The topological polar surface area (TPSA) is 34.2 Å². The Kier molecular flexibility index (Phi) is 3.41. The minimum Gasteiger partial charge on any atom is -0.373 e. The maximum atomic E-state index is 5.69. The molecule has 0 radical (unpaired) electrons. The van der Waals surface area contributed by atoms with Crippen molar-refractivity contribution in [2.45, 2.75) is 32.0 Å². The molecule has 3 nitrogen and oxygen atoms in total. The standard InChI is InChI=1S/C9H13BrN2OS/c1-6-2-3-7(13-6)4-11-9-12-8(10)5-14-9/h5-7H,2-4H2,1H3,(H,11,12). The maximum absolute atomic E-state index is 5.69. The molecule has 2 rings (SSSR count). The first-order chi connectivity index (χ1) is 6.74. The van der Waals surface area contributed by atoms with E-state index in [1.165, 1.54) is 6.42 Å². The number of nitrogens with zero attached hydrogens (tertiary/aromatic N) is 1. The van der Waals surface area contributed by atoms with Crippen molar-refractivity contribution in [3.63, 3.8) is 0 Å². The van der Waals surface area contributed by atoms with Gasteiger partial charge in [-0.15, -0.1) is 11.3 Å². The van der Waals surface area contributed by atoms with Crippen LogP contribution in [0, 0.1) is 0 Å². The molecule has 2 unspecified atom stereocenters. The Morgan fingerprint density at radius 1 is 1.71 bits per heavy atom. The molecule has 2 heterocycles. The molecule has 14 heavy (non-hydrogen) atoms. The number of hydrogen-bond donors (Lipinski definition) is 1. The van der Waals surface area contributed by atoms with Crippen LogP contribution in [0.15, 0.2) is 9.98 Å². The molecule has 0 aliphatic carbocycles. The van der Waals surface area contributed by atoms with Gasteiger partial charge in [-0.3, -0.25) is 0 Å². The highest BCUT2D eigenvalue weighted by molar-refractivity contribution is 9.10. The fourth-order valence-electron chi connectivity index (χ4n) is 1.57. The maximum Gasteiger partial charge on any atom is 0.183 e. The first-order valence-corrected chi connectivity index (χ1v) is 6.41. The third-order valence-corrected chi connectivity index (χ3v) is 3.79. The summed E-state index contributed by atoms with van der Waals surface area (Å²) in [4.78, 5) is 4.26. The van der Waals surface area contributed by atoms with E-state index in [0.29, 0.717) is 12.2 Å². The number of anilines is 1. The van der Waals surface area contributed by atoms with Crippen LogP contribution in [0.4, 0.5) is 5.13 Å². The highest BCUT2D eigenvalue weighted by Gasteiger charge is 2.21. The Hall–Kier alpha value is -0.130. The molecule has 1 saturated heterocycles. The van der Waals surface area contributed by atoms with Crippen LogP contribution in [0.25, 0.3) is 0 Å². The predicted octanol–water partition coefficient (Wildman–Crippen LogP) is 2.89. The number of rotatable bonds is 3. The fraction of sp³-hybridized carbons (Fsp3) is 0.667. The van der Waals surface area contributed by atoms with Gasteiger partial charge in [-0.25, -0.2) is 4.98 Å². The highest BCUT2D eigenvalue weighted by Crippen LogP contribution is 2.22. The SMILES string of the molecule is CC1CCC(CNc2nc(Br)cs2)O1. The second-order valence-corrected chi connectivity index (χ2v) is 5.17. The van der Waals surface area contributed by atoms with E-state index in [9.17, 15) is 0 Å². The van der Waals surface area contributed by atoms with Crippen molar-refractivity contribution >= 4 is 32.4 Å². The van der Waals surface area contributed by atoms with Crippen molar-refractivity contribution in [2.24, 2.45) is 0 Å². The second-order valence-electron chi connectivity index (χ2n) is 3.50.